The van der Waals surface area contributed by atoms with Gasteiger partial charge < -0.3 is 10.6 Å². The van der Waals surface area contributed by atoms with Crippen LogP contribution in [0.15, 0.2) is 15.9 Å². The molecule has 0 bridgehead atoms. The summed E-state index contributed by atoms with van der Waals surface area (Å²) in [6.07, 6.45) is 1.20. The van der Waals surface area contributed by atoms with Gasteiger partial charge in [-0.05, 0) is 34.5 Å². The largest absolute Gasteiger partial charge is 0.354 e. The van der Waals surface area contributed by atoms with E-state index in [4.69, 9.17) is 0 Å². The minimum Gasteiger partial charge on any atom is -0.354 e. The van der Waals surface area contributed by atoms with Crippen molar-refractivity contribution in [1.29, 1.82) is 0 Å². The van der Waals surface area contributed by atoms with E-state index in [-0.39, 0.29) is 17.9 Å². The molecule has 6 heteroatoms. The molecular weight excluding hydrogens is 292 g/mol. The van der Waals surface area contributed by atoms with Crippen molar-refractivity contribution in [2.75, 3.05) is 6.54 Å². The number of amides is 2. The van der Waals surface area contributed by atoms with Gasteiger partial charge in [0.1, 0.15) is 0 Å². The zero-order valence-electron chi connectivity index (χ0n) is 8.46. The Morgan fingerprint density at radius 3 is 2.94 bits per heavy atom. The fourth-order valence-corrected chi connectivity index (χ4v) is 2.84. The molecule has 2 N–H and O–H groups in total. The first-order chi connectivity index (χ1) is 7.65. The van der Waals surface area contributed by atoms with Crippen LogP contribution in [0.3, 0.4) is 0 Å². The number of halogens is 1. The minimum atomic E-state index is -0.0724. The number of piperidine rings is 1. The molecule has 1 atom stereocenters. The van der Waals surface area contributed by atoms with Crippen LogP contribution in [0, 0.1) is 0 Å². The highest BCUT2D eigenvalue weighted by Crippen LogP contribution is 2.22. The molecule has 0 aliphatic carbocycles. The van der Waals surface area contributed by atoms with Crippen molar-refractivity contribution in [2.24, 2.45) is 0 Å². The highest BCUT2D eigenvalue weighted by atomic mass is 79.9. The van der Waals surface area contributed by atoms with Gasteiger partial charge in [0.2, 0.25) is 5.91 Å². The van der Waals surface area contributed by atoms with Gasteiger partial charge in [-0.3, -0.25) is 9.59 Å². The number of rotatable bonds is 2. The van der Waals surface area contributed by atoms with E-state index in [1.165, 1.54) is 11.3 Å². The van der Waals surface area contributed by atoms with Crippen LogP contribution in [0.2, 0.25) is 0 Å². The van der Waals surface area contributed by atoms with Crippen LogP contribution in [0.1, 0.15) is 22.5 Å². The van der Waals surface area contributed by atoms with Crippen molar-refractivity contribution in [2.45, 2.75) is 18.9 Å². The molecule has 1 aliphatic heterocycles. The van der Waals surface area contributed by atoms with Crippen LogP contribution >= 0.6 is 27.3 Å². The Morgan fingerprint density at radius 2 is 2.38 bits per heavy atom. The maximum Gasteiger partial charge on any atom is 0.261 e. The Kier molecular flexibility index (Phi) is 3.60. The number of hydrogen-bond donors (Lipinski definition) is 2. The zero-order valence-corrected chi connectivity index (χ0v) is 10.9. The van der Waals surface area contributed by atoms with E-state index in [1.54, 1.807) is 6.07 Å². The Hall–Kier alpha value is -0.880. The lowest BCUT2D eigenvalue weighted by atomic mass is 10.1. The molecule has 4 nitrogen and oxygen atoms in total. The summed E-state index contributed by atoms with van der Waals surface area (Å²) in [7, 11) is 0. The van der Waals surface area contributed by atoms with Crippen LogP contribution in [0.25, 0.3) is 0 Å². The molecular formula is C10H11BrN2O2S. The molecule has 0 spiro atoms. The average Bonchev–Trinajstić information content (AvgIpc) is 2.68. The summed E-state index contributed by atoms with van der Waals surface area (Å²) in [5, 5.41) is 5.64. The number of carbonyl (C=O) groups is 2. The highest BCUT2D eigenvalue weighted by molar-refractivity contribution is 9.11. The van der Waals surface area contributed by atoms with Crippen molar-refractivity contribution < 1.29 is 9.59 Å². The van der Waals surface area contributed by atoms with Gasteiger partial charge in [-0.2, -0.15) is 0 Å². The van der Waals surface area contributed by atoms with E-state index in [0.29, 0.717) is 24.3 Å². The van der Waals surface area contributed by atoms with Crippen molar-refractivity contribution in [3.63, 3.8) is 0 Å². The van der Waals surface area contributed by atoms with Crippen LogP contribution in [-0.4, -0.2) is 24.4 Å². The molecule has 1 unspecified atom stereocenters. The van der Waals surface area contributed by atoms with Gasteiger partial charge in [0, 0.05) is 19.0 Å². The Morgan fingerprint density at radius 1 is 1.56 bits per heavy atom. The number of carbonyl (C=O) groups excluding carboxylic acids is 2. The second-order valence-corrected chi connectivity index (χ2v) is 6.08. The van der Waals surface area contributed by atoms with Crippen molar-refractivity contribution >= 4 is 39.1 Å². The summed E-state index contributed by atoms with van der Waals surface area (Å²) in [5.74, 6) is -0.0128. The molecule has 1 saturated heterocycles. The first kappa shape index (κ1) is 11.6. The summed E-state index contributed by atoms with van der Waals surface area (Å²) in [5.41, 5.74) is 0. The van der Waals surface area contributed by atoms with Gasteiger partial charge in [-0.15, -0.1) is 11.3 Å². The molecule has 0 saturated carbocycles. The highest BCUT2D eigenvalue weighted by Gasteiger charge is 2.20. The first-order valence-corrected chi connectivity index (χ1v) is 6.59. The molecule has 0 radical (unpaired) electrons. The molecule has 1 aliphatic rings. The predicted octanol–water partition coefficient (Wildman–Crippen LogP) is 1.52. The van der Waals surface area contributed by atoms with Crippen molar-refractivity contribution in [3.8, 4) is 0 Å². The molecule has 2 amide bonds. The average molecular weight is 303 g/mol. The lowest BCUT2D eigenvalue weighted by molar-refractivity contribution is -0.122. The van der Waals surface area contributed by atoms with E-state index >= 15 is 0 Å². The molecule has 2 heterocycles. The molecule has 1 fully saturated rings. The second-order valence-electron chi connectivity index (χ2n) is 3.62. The van der Waals surface area contributed by atoms with E-state index < -0.39 is 0 Å². The van der Waals surface area contributed by atoms with E-state index in [0.717, 1.165) is 3.79 Å². The summed E-state index contributed by atoms with van der Waals surface area (Å²) < 4.78 is 0.939. The quantitative estimate of drug-likeness (QED) is 0.870. The molecule has 86 valence electrons. The minimum absolute atomic E-state index is 0.0473. The van der Waals surface area contributed by atoms with Crippen LogP contribution in [0.5, 0.6) is 0 Å². The first-order valence-electron chi connectivity index (χ1n) is 4.98. The SMILES string of the molecule is O=C1CCC(NC(=O)c2ccc(Br)s2)CN1. The Balaban J connectivity index is 1.90. The Bertz CT molecular complexity index is 409. The molecule has 1 aromatic rings. The van der Waals surface area contributed by atoms with Gasteiger partial charge in [0.25, 0.3) is 5.91 Å². The number of hydrogen-bond acceptors (Lipinski definition) is 3. The smallest absolute Gasteiger partial charge is 0.261 e. The van der Waals surface area contributed by atoms with Crippen molar-refractivity contribution in [1.82, 2.24) is 10.6 Å². The number of nitrogens with one attached hydrogen (secondary N) is 2. The van der Waals surface area contributed by atoms with E-state index in [9.17, 15) is 9.59 Å². The van der Waals surface area contributed by atoms with Gasteiger partial charge in [0.05, 0.1) is 8.66 Å². The van der Waals surface area contributed by atoms with Gasteiger partial charge in [-0.25, -0.2) is 0 Å². The maximum atomic E-state index is 11.8. The second kappa shape index (κ2) is 4.97. The van der Waals surface area contributed by atoms with Crippen LogP contribution < -0.4 is 10.6 Å². The maximum absolute atomic E-state index is 11.8. The monoisotopic (exact) mass is 302 g/mol. The topological polar surface area (TPSA) is 58.2 Å². The lowest BCUT2D eigenvalue weighted by Gasteiger charge is -2.23. The summed E-state index contributed by atoms with van der Waals surface area (Å²) in [4.78, 5) is 23.4. The van der Waals surface area contributed by atoms with Crippen LogP contribution in [0.4, 0.5) is 0 Å². The molecule has 16 heavy (non-hydrogen) atoms. The fraction of sp³-hybridized carbons (Fsp3) is 0.400. The third-order valence-corrected chi connectivity index (χ3v) is 4.02. The Labute approximate surface area is 106 Å². The summed E-state index contributed by atoms with van der Waals surface area (Å²) >= 11 is 4.72. The summed E-state index contributed by atoms with van der Waals surface area (Å²) in [6.45, 7) is 0.525. The summed E-state index contributed by atoms with van der Waals surface area (Å²) in [6, 6.07) is 3.68. The van der Waals surface area contributed by atoms with Gasteiger partial charge in [-0.1, -0.05) is 0 Å². The normalized spacial score (nSPS) is 20.3. The zero-order chi connectivity index (χ0) is 11.5. The van der Waals surface area contributed by atoms with E-state index in [1.807, 2.05) is 6.07 Å². The standard InChI is InChI=1S/C10H11BrN2O2S/c11-8-3-2-7(16-8)10(15)13-6-1-4-9(14)12-5-6/h2-3,6H,1,4-5H2,(H,12,14)(H,13,15). The third kappa shape index (κ3) is 2.82. The van der Waals surface area contributed by atoms with E-state index in [2.05, 4.69) is 26.6 Å². The fourth-order valence-electron chi connectivity index (χ4n) is 1.55. The lowest BCUT2D eigenvalue weighted by Crippen LogP contribution is -2.47. The molecule has 2 rings (SSSR count). The predicted molar refractivity (Wildman–Crippen MR) is 65.5 cm³/mol. The van der Waals surface area contributed by atoms with Gasteiger partial charge in [0.15, 0.2) is 0 Å². The van der Waals surface area contributed by atoms with Crippen molar-refractivity contribution in [3.05, 3.63) is 20.8 Å². The third-order valence-electron chi connectivity index (χ3n) is 2.40. The van der Waals surface area contributed by atoms with Crippen LogP contribution in [-0.2, 0) is 4.79 Å². The number of thiophene rings is 1. The molecule has 0 aromatic carbocycles. The molecule has 1 aromatic heterocycles. The van der Waals surface area contributed by atoms with Gasteiger partial charge >= 0.3 is 0 Å².